The molecule has 4 nitrogen and oxygen atoms in total. The topological polar surface area (TPSA) is 35.6 Å². The third-order valence-electron chi connectivity index (χ3n) is 15.0. The number of hydrogen-bond donors (Lipinski definition) is 0. The van der Waals surface area contributed by atoms with Crippen molar-refractivity contribution in [3.63, 3.8) is 0 Å². The predicted molar refractivity (Wildman–Crippen MR) is 295 cm³/mol. The molecule has 1 aliphatic carbocycles. The molecule has 0 bridgehead atoms. The summed E-state index contributed by atoms with van der Waals surface area (Å²) in [4.78, 5) is 10.2. The maximum atomic E-state index is 5.11. The molecule has 0 aliphatic heterocycles. The van der Waals surface area contributed by atoms with Crippen molar-refractivity contribution in [3.8, 4) is 78.4 Å². The van der Waals surface area contributed by atoms with Gasteiger partial charge in [-0.3, -0.25) is 4.57 Å². The third kappa shape index (κ3) is 6.60. The van der Waals surface area contributed by atoms with Gasteiger partial charge in [0.1, 0.15) is 0 Å². The smallest absolute Gasteiger partial charge is 0.234 e. The van der Waals surface area contributed by atoms with Crippen LogP contribution in [0.5, 0.6) is 0 Å². The number of nitrogens with zero attached hydrogens (tertiary/aromatic N) is 4. The van der Waals surface area contributed by atoms with E-state index in [9.17, 15) is 0 Å². The lowest BCUT2D eigenvalue weighted by Crippen LogP contribution is -2.15. The quantitative estimate of drug-likeness (QED) is 0.160. The van der Waals surface area contributed by atoms with Gasteiger partial charge in [0.2, 0.25) is 5.95 Å². The summed E-state index contributed by atoms with van der Waals surface area (Å²) in [6.45, 7) is 4.71. The van der Waals surface area contributed by atoms with E-state index in [-0.39, 0.29) is 5.41 Å². The molecule has 0 saturated carbocycles. The molecule has 13 aromatic rings. The van der Waals surface area contributed by atoms with Crippen LogP contribution in [0.15, 0.2) is 243 Å². The van der Waals surface area contributed by atoms with E-state index in [0.29, 0.717) is 5.95 Å². The standard InChI is InChI=1S/C67H46N4/c1-67(2)60-22-12-9-19-54(60)55-33-31-53(40-61(55)67)70-62-23-13-10-20-56(62)58-32-29-48(39-65(58)70)47-30-34-64-59(38-47)57-21-11-14-24-63(57)71(64)66-68-41-52(42-69-66)51-36-49(44-17-7-4-8-18-44)35-50(37-51)46-27-25-45(26-28-46)43-15-5-3-6-16-43/h3-42H,1-2H3. The minimum atomic E-state index is -0.0940. The Morgan fingerprint density at radius 2 is 0.775 bits per heavy atom. The zero-order valence-electron chi connectivity index (χ0n) is 39.4. The Kier molecular flexibility index (Phi) is 9.21. The SMILES string of the molecule is CC1(C)c2ccccc2-c2ccc(-n3c4ccccc4c4ccc(-c5ccc6c(c5)c5ccccc5n6-c5ncc(-c6cc(-c7ccccc7)cc(-c7ccc(-c8ccccc8)cc7)c6)cn5)cc43)cc21. The van der Waals surface area contributed by atoms with Crippen LogP contribution in [0, 0.1) is 0 Å². The highest BCUT2D eigenvalue weighted by Gasteiger charge is 2.35. The van der Waals surface area contributed by atoms with Gasteiger partial charge in [0.15, 0.2) is 0 Å². The van der Waals surface area contributed by atoms with Crippen LogP contribution in [0.3, 0.4) is 0 Å². The van der Waals surface area contributed by atoms with Gasteiger partial charge in [0.25, 0.3) is 0 Å². The Bertz CT molecular complexity index is 4220. The van der Waals surface area contributed by atoms with Crippen LogP contribution >= 0.6 is 0 Å². The molecule has 4 heteroatoms. The number of rotatable bonds is 7. The number of benzene rings is 10. The first-order chi connectivity index (χ1) is 34.9. The third-order valence-corrected chi connectivity index (χ3v) is 15.0. The lowest BCUT2D eigenvalue weighted by molar-refractivity contribution is 0.660. The molecule has 1 aliphatic rings. The van der Waals surface area contributed by atoms with Gasteiger partial charge in [-0.25, -0.2) is 9.97 Å². The maximum absolute atomic E-state index is 5.11. The lowest BCUT2D eigenvalue weighted by atomic mass is 9.82. The molecule has 334 valence electrons. The van der Waals surface area contributed by atoms with Crippen LogP contribution in [0.25, 0.3) is 122 Å². The molecule has 0 atom stereocenters. The van der Waals surface area contributed by atoms with Crippen molar-refractivity contribution in [3.05, 3.63) is 254 Å². The van der Waals surface area contributed by atoms with E-state index in [1.54, 1.807) is 0 Å². The number of hydrogen-bond acceptors (Lipinski definition) is 2. The fourth-order valence-electron chi connectivity index (χ4n) is 11.5. The summed E-state index contributed by atoms with van der Waals surface area (Å²) >= 11 is 0. The monoisotopic (exact) mass is 906 g/mol. The van der Waals surface area contributed by atoms with Gasteiger partial charge in [-0.15, -0.1) is 0 Å². The molecule has 0 N–H and O–H groups in total. The van der Waals surface area contributed by atoms with Gasteiger partial charge >= 0.3 is 0 Å². The molecule has 0 spiro atoms. The van der Waals surface area contributed by atoms with E-state index in [4.69, 9.17) is 9.97 Å². The Morgan fingerprint density at radius 3 is 1.48 bits per heavy atom. The molecule has 0 unspecified atom stereocenters. The Balaban J connectivity index is 0.845. The second-order valence-electron chi connectivity index (χ2n) is 19.4. The van der Waals surface area contributed by atoms with Crippen molar-refractivity contribution in [1.29, 1.82) is 0 Å². The molecule has 0 fully saturated rings. The Hall–Kier alpha value is -9.12. The average Bonchev–Trinajstić information content (AvgIpc) is 4.03. The second-order valence-corrected chi connectivity index (χ2v) is 19.4. The first kappa shape index (κ1) is 40.9. The van der Waals surface area contributed by atoms with Gasteiger partial charge < -0.3 is 4.57 Å². The largest absolute Gasteiger partial charge is 0.309 e. The molecule has 0 amide bonds. The molecule has 3 aromatic heterocycles. The minimum Gasteiger partial charge on any atom is -0.309 e. The summed E-state index contributed by atoms with van der Waals surface area (Å²) < 4.78 is 4.66. The molecule has 3 heterocycles. The van der Waals surface area contributed by atoms with Crippen molar-refractivity contribution in [2.75, 3.05) is 0 Å². The first-order valence-corrected chi connectivity index (χ1v) is 24.5. The highest BCUT2D eigenvalue weighted by atomic mass is 15.1. The van der Waals surface area contributed by atoms with E-state index in [1.807, 2.05) is 12.4 Å². The van der Waals surface area contributed by atoms with E-state index in [2.05, 4.69) is 254 Å². The summed E-state index contributed by atoms with van der Waals surface area (Å²) in [7, 11) is 0. The van der Waals surface area contributed by atoms with Crippen molar-refractivity contribution >= 4 is 43.6 Å². The number of fused-ring (bicyclic) bond motifs is 9. The van der Waals surface area contributed by atoms with Crippen LogP contribution in [0.4, 0.5) is 0 Å². The van der Waals surface area contributed by atoms with E-state index >= 15 is 0 Å². The van der Waals surface area contributed by atoms with Crippen LogP contribution < -0.4 is 0 Å². The van der Waals surface area contributed by atoms with Crippen LogP contribution in [0.2, 0.25) is 0 Å². The fraction of sp³-hybridized carbons (Fsp3) is 0.0448. The van der Waals surface area contributed by atoms with Gasteiger partial charge in [-0.2, -0.15) is 0 Å². The minimum absolute atomic E-state index is 0.0940. The van der Waals surface area contributed by atoms with Crippen molar-refractivity contribution < 1.29 is 0 Å². The average molecular weight is 907 g/mol. The number of aromatic nitrogens is 4. The molecule has 0 radical (unpaired) electrons. The van der Waals surface area contributed by atoms with Crippen molar-refractivity contribution in [2.24, 2.45) is 0 Å². The predicted octanol–water partition coefficient (Wildman–Crippen LogP) is 17.3. The lowest BCUT2D eigenvalue weighted by Gasteiger charge is -2.22. The second kappa shape index (κ2) is 16.0. The summed E-state index contributed by atoms with van der Waals surface area (Å²) in [6, 6.07) is 83.9. The van der Waals surface area contributed by atoms with E-state index in [1.165, 1.54) is 66.4 Å². The van der Waals surface area contributed by atoms with Gasteiger partial charge in [-0.1, -0.05) is 184 Å². The Morgan fingerprint density at radius 1 is 0.296 bits per heavy atom. The van der Waals surface area contributed by atoms with E-state index in [0.717, 1.165) is 60.8 Å². The number of para-hydroxylation sites is 2. The van der Waals surface area contributed by atoms with Crippen molar-refractivity contribution in [1.82, 2.24) is 19.1 Å². The summed E-state index contributed by atoms with van der Waals surface area (Å²) in [5.41, 5.74) is 22.4. The summed E-state index contributed by atoms with van der Waals surface area (Å²) in [5, 5.41) is 4.81. The first-order valence-electron chi connectivity index (χ1n) is 24.5. The zero-order chi connectivity index (χ0) is 47.2. The Labute approximate surface area is 412 Å². The molecular formula is C67H46N4. The molecule has 71 heavy (non-hydrogen) atoms. The van der Waals surface area contributed by atoms with Gasteiger partial charge in [0.05, 0.1) is 22.1 Å². The normalized spacial score (nSPS) is 12.8. The van der Waals surface area contributed by atoms with Crippen LogP contribution in [-0.4, -0.2) is 19.1 Å². The molecule has 0 saturated heterocycles. The summed E-state index contributed by atoms with van der Waals surface area (Å²) in [6.07, 6.45) is 3.94. The van der Waals surface area contributed by atoms with Crippen LogP contribution in [0.1, 0.15) is 25.0 Å². The van der Waals surface area contributed by atoms with Gasteiger partial charge in [0, 0.05) is 50.6 Å². The molecule has 10 aromatic carbocycles. The van der Waals surface area contributed by atoms with E-state index < -0.39 is 0 Å². The maximum Gasteiger partial charge on any atom is 0.234 e. The highest BCUT2D eigenvalue weighted by molar-refractivity contribution is 6.12. The van der Waals surface area contributed by atoms with Crippen molar-refractivity contribution in [2.45, 2.75) is 19.3 Å². The van der Waals surface area contributed by atoms with Gasteiger partial charge in [-0.05, 0) is 133 Å². The molecular weight excluding hydrogens is 861 g/mol. The zero-order valence-corrected chi connectivity index (χ0v) is 39.4. The molecule has 14 rings (SSSR count). The highest BCUT2D eigenvalue weighted by Crippen LogP contribution is 2.50. The van der Waals surface area contributed by atoms with Crippen LogP contribution in [-0.2, 0) is 5.41 Å². The summed E-state index contributed by atoms with van der Waals surface area (Å²) in [5.74, 6) is 0.634. The fourth-order valence-corrected chi connectivity index (χ4v) is 11.5.